The molecule has 2 aromatic heterocycles. The molecule has 0 spiro atoms. The Morgan fingerprint density at radius 1 is 0.758 bits per heavy atom. The highest BCUT2D eigenvalue weighted by molar-refractivity contribution is 6.29. The van der Waals surface area contributed by atoms with Crippen molar-refractivity contribution in [3.05, 3.63) is 143 Å². The quantitative estimate of drug-likeness (QED) is 0.175. The Hall–Kier alpha value is -4.02. The van der Waals surface area contributed by atoms with Gasteiger partial charge < -0.3 is 4.57 Å². The SMILES string of the molecule is O=Cc1cc(Cl)ncc1-c1cn(C(c2ccccc2)(c2ccccc2)c2ccccc2)cn1. The highest BCUT2D eigenvalue weighted by Crippen LogP contribution is 2.41. The average Bonchev–Trinajstić information content (AvgIpc) is 3.36. The van der Waals surface area contributed by atoms with Gasteiger partial charge in [-0.3, -0.25) is 4.79 Å². The normalized spacial score (nSPS) is 11.3. The molecule has 2 heterocycles. The first kappa shape index (κ1) is 20.9. The van der Waals surface area contributed by atoms with E-state index in [1.807, 2.05) is 67.1 Å². The predicted molar refractivity (Wildman–Crippen MR) is 130 cm³/mol. The molecule has 0 unspecified atom stereocenters. The molecule has 0 aliphatic carbocycles. The molecule has 0 aliphatic heterocycles. The van der Waals surface area contributed by atoms with Crippen molar-refractivity contribution in [3.8, 4) is 11.3 Å². The average molecular weight is 450 g/mol. The van der Waals surface area contributed by atoms with E-state index >= 15 is 0 Å². The van der Waals surface area contributed by atoms with Gasteiger partial charge in [0.1, 0.15) is 10.7 Å². The van der Waals surface area contributed by atoms with Crippen molar-refractivity contribution in [1.29, 1.82) is 0 Å². The van der Waals surface area contributed by atoms with E-state index in [-0.39, 0.29) is 5.15 Å². The van der Waals surface area contributed by atoms with Crippen molar-refractivity contribution in [2.75, 3.05) is 0 Å². The first-order valence-electron chi connectivity index (χ1n) is 10.6. The van der Waals surface area contributed by atoms with Gasteiger partial charge in [-0.15, -0.1) is 0 Å². The molecule has 33 heavy (non-hydrogen) atoms. The van der Waals surface area contributed by atoms with Gasteiger partial charge in [0, 0.05) is 23.5 Å². The van der Waals surface area contributed by atoms with Gasteiger partial charge in [-0.25, -0.2) is 9.97 Å². The van der Waals surface area contributed by atoms with Crippen molar-refractivity contribution < 1.29 is 4.79 Å². The second-order valence-electron chi connectivity index (χ2n) is 7.69. The monoisotopic (exact) mass is 449 g/mol. The van der Waals surface area contributed by atoms with Gasteiger partial charge in [0.2, 0.25) is 0 Å². The molecule has 5 aromatic rings. The van der Waals surface area contributed by atoms with Crippen molar-refractivity contribution in [2.45, 2.75) is 5.54 Å². The first-order valence-corrected chi connectivity index (χ1v) is 10.9. The van der Waals surface area contributed by atoms with Crippen LogP contribution in [0.1, 0.15) is 27.0 Å². The third-order valence-corrected chi connectivity index (χ3v) is 6.06. The third-order valence-electron chi connectivity index (χ3n) is 5.85. The summed E-state index contributed by atoms with van der Waals surface area (Å²) in [6.45, 7) is 0. The summed E-state index contributed by atoms with van der Waals surface area (Å²) in [5.41, 5.74) is 4.34. The number of halogens is 1. The molecule has 160 valence electrons. The lowest BCUT2D eigenvalue weighted by Crippen LogP contribution is -2.36. The number of benzene rings is 3. The van der Waals surface area contributed by atoms with E-state index in [0.717, 1.165) is 23.0 Å². The number of aromatic nitrogens is 3. The van der Waals surface area contributed by atoms with Gasteiger partial charge in [-0.05, 0) is 22.8 Å². The standard InChI is InChI=1S/C28H20ClN3O/c29-27-16-21(19-33)25(17-30-27)26-18-32(20-31-26)28(22-10-4-1-5-11-22,23-12-6-2-7-13-23)24-14-8-3-9-15-24/h1-20H. The van der Waals surface area contributed by atoms with E-state index in [0.29, 0.717) is 16.8 Å². The molecule has 0 saturated carbocycles. The van der Waals surface area contributed by atoms with Crippen LogP contribution in [-0.4, -0.2) is 20.8 Å². The maximum absolute atomic E-state index is 11.7. The summed E-state index contributed by atoms with van der Waals surface area (Å²) >= 11 is 6.01. The molecule has 0 N–H and O–H groups in total. The highest BCUT2D eigenvalue weighted by Gasteiger charge is 2.38. The number of pyridine rings is 1. The van der Waals surface area contributed by atoms with E-state index in [2.05, 4.69) is 50.9 Å². The van der Waals surface area contributed by atoms with Crippen LogP contribution in [0.25, 0.3) is 11.3 Å². The summed E-state index contributed by atoms with van der Waals surface area (Å²) in [6, 6.07) is 32.6. The molecule has 3 aromatic carbocycles. The van der Waals surface area contributed by atoms with E-state index < -0.39 is 5.54 Å². The molecule has 0 radical (unpaired) electrons. The second-order valence-corrected chi connectivity index (χ2v) is 8.07. The number of rotatable bonds is 6. The smallest absolute Gasteiger partial charge is 0.150 e. The molecular weight excluding hydrogens is 430 g/mol. The van der Waals surface area contributed by atoms with Crippen LogP contribution in [0, 0.1) is 0 Å². The van der Waals surface area contributed by atoms with Crippen LogP contribution in [0.2, 0.25) is 5.15 Å². The van der Waals surface area contributed by atoms with E-state index in [9.17, 15) is 4.79 Å². The summed E-state index contributed by atoms with van der Waals surface area (Å²) in [6.07, 6.45) is 6.14. The van der Waals surface area contributed by atoms with Gasteiger partial charge >= 0.3 is 0 Å². The van der Waals surface area contributed by atoms with Gasteiger partial charge in [-0.1, -0.05) is 103 Å². The Morgan fingerprint density at radius 3 is 1.76 bits per heavy atom. The highest BCUT2D eigenvalue weighted by atomic mass is 35.5. The summed E-state index contributed by atoms with van der Waals surface area (Å²) in [5.74, 6) is 0. The number of carbonyl (C=O) groups excluding carboxylic acids is 1. The van der Waals surface area contributed by atoms with Crippen LogP contribution in [-0.2, 0) is 5.54 Å². The lowest BCUT2D eigenvalue weighted by atomic mass is 9.77. The topological polar surface area (TPSA) is 47.8 Å². The Kier molecular flexibility index (Phi) is 5.59. The Bertz CT molecular complexity index is 1290. The molecule has 5 rings (SSSR count). The molecule has 0 fully saturated rings. The molecule has 0 atom stereocenters. The molecule has 0 aliphatic rings. The summed E-state index contributed by atoms with van der Waals surface area (Å²) < 4.78 is 2.10. The maximum Gasteiger partial charge on any atom is 0.150 e. The summed E-state index contributed by atoms with van der Waals surface area (Å²) in [5, 5.41) is 0.271. The molecular formula is C28H20ClN3O. The van der Waals surface area contributed by atoms with Crippen LogP contribution in [0.4, 0.5) is 0 Å². The number of hydrogen-bond donors (Lipinski definition) is 0. The summed E-state index contributed by atoms with van der Waals surface area (Å²) in [7, 11) is 0. The number of carbonyl (C=O) groups is 1. The van der Waals surface area contributed by atoms with Crippen molar-refractivity contribution in [1.82, 2.24) is 14.5 Å². The minimum Gasteiger partial charge on any atom is -0.318 e. The van der Waals surface area contributed by atoms with E-state index in [4.69, 9.17) is 11.6 Å². The number of nitrogens with zero attached hydrogens (tertiary/aromatic N) is 3. The van der Waals surface area contributed by atoms with Crippen molar-refractivity contribution in [2.24, 2.45) is 0 Å². The molecule has 0 bridgehead atoms. The number of hydrogen-bond acceptors (Lipinski definition) is 3. The molecule has 0 amide bonds. The van der Waals surface area contributed by atoms with E-state index in [1.165, 1.54) is 0 Å². The zero-order chi connectivity index (χ0) is 22.7. The van der Waals surface area contributed by atoms with Crippen LogP contribution < -0.4 is 0 Å². The van der Waals surface area contributed by atoms with Gasteiger partial charge in [0.15, 0.2) is 6.29 Å². The van der Waals surface area contributed by atoms with Crippen LogP contribution in [0.5, 0.6) is 0 Å². The molecule has 0 saturated heterocycles. The minimum atomic E-state index is -0.670. The molecule has 4 nitrogen and oxygen atoms in total. The third kappa shape index (κ3) is 3.65. The maximum atomic E-state index is 11.7. The largest absolute Gasteiger partial charge is 0.318 e. The van der Waals surface area contributed by atoms with Crippen LogP contribution >= 0.6 is 11.6 Å². The zero-order valence-corrected chi connectivity index (χ0v) is 18.4. The minimum absolute atomic E-state index is 0.271. The molecule has 5 heteroatoms. The zero-order valence-electron chi connectivity index (χ0n) is 17.7. The van der Waals surface area contributed by atoms with Gasteiger partial charge in [0.25, 0.3) is 0 Å². The van der Waals surface area contributed by atoms with E-state index in [1.54, 1.807) is 12.3 Å². The van der Waals surface area contributed by atoms with Crippen LogP contribution in [0.15, 0.2) is 116 Å². The van der Waals surface area contributed by atoms with Gasteiger partial charge in [-0.2, -0.15) is 0 Å². The summed E-state index contributed by atoms with van der Waals surface area (Å²) in [4.78, 5) is 20.6. The van der Waals surface area contributed by atoms with Crippen LogP contribution in [0.3, 0.4) is 0 Å². The fourth-order valence-electron chi connectivity index (χ4n) is 4.39. The number of aldehydes is 1. The Morgan fingerprint density at radius 2 is 1.27 bits per heavy atom. The Balaban J connectivity index is 1.81. The predicted octanol–water partition coefficient (Wildman–Crippen LogP) is 6.25. The van der Waals surface area contributed by atoms with Gasteiger partial charge in [0.05, 0.1) is 12.0 Å². The second kappa shape index (κ2) is 8.85. The van der Waals surface area contributed by atoms with Crippen molar-refractivity contribution in [3.63, 3.8) is 0 Å². The lowest BCUT2D eigenvalue weighted by Gasteiger charge is -2.37. The lowest BCUT2D eigenvalue weighted by molar-refractivity contribution is 0.112. The number of imidazole rings is 1. The fourth-order valence-corrected chi connectivity index (χ4v) is 4.55. The van der Waals surface area contributed by atoms with Crippen molar-refractivity contribution >= 4 is 17.9 Å². The Labute approximate surface area is 197 Å². The fraction of sp³-hybridized carbons (Fsp3) is 0.0357. The first-order chi connectivity index (χ1) is 16.2.